The maximum atomic E-state index is 10.8. The number of ether oxygens (including phenoxy) is 1. The van der Waals surface area contributed by atoms with Crippen molar-refractivity contribution in [3.63, 3.8) is 0 Å². The normalized spacial score (nSPS) is 12.0. The second-order valence-corrected chi connectivity index (χ2v) is 3.88. The Kier molecular flexibility index (Phi) is 5.86. The van der Waals surface area contributed by atoms with Crippen LogP contribution in [0.2, 0.25) is 0 Å². The molecular formula is C14H18O3. The zero-order chi connectivity index (χ0) is 12.5. The van der Waals surface area contributed by atoms with Crippen LogP contribution in [0.1, 0.15) is 25.3 Å². The number of rotatable bonds is 6. The molecule has 0 aliphatic rings. The van der Waals surface area contributed by atoms with Gasteiger partial charge in [-0.25, -0.2) is 4.79 Å². The average molecular weight is 234 g/mol. The van der Waals surface area contributed by atoms with Gasteiger partial charge >= 0.3 is 5.97 Å². The van der Waals surface area contributed by atoms with E-state index >= 15 is 0 Å². The second kappa shape index (κ2) is 7.49. The van der Waals surface area contributed by atoms with Gasteiger partial charge in [-0.1, -0.05) is 17.7 Å². The highest BCUT2D eigenvalue weighted by molar-refractivity contribution is 5.82. The van der Waals surface area contributed by atoms with Crippen LogP contribution in [0.4, 0.5) is 0 Å². The van der Waals surface area contributed by atoms with Crippen LogP contribution in [0.5, 0.6) is 0 Å². The SMILES string of the molecule is COC(=O)/C=C/C=C(\C)CCCc1ccoc1. The molecule has 0 atom stereocenters. The lowest BCUT2D eigenvalue weighted by Gasteiger charge is -1.98. The van der Waals surface area contributed by atoms with Crippen molar-refractivity contribution < 1.29 is 13.9 Å². The van der Waals surface area contributed by atoms with Crippen molar-refractivity contribution in [1.82, 2.24) is 0 Å². The van der Waals surface area contributed by atoms with Gasteiger partial charge in [-0.2, -0.15) is 0 Å². The highest BCUT2D eigenvalue weighted by Crippen LogP contribution is 2.10. The van der Waals surface area contributed by atoms with Crippen LogP contribution in [0.25, 0.3) is 0 Å². The zero-order valence-electron chi connectivity index (χ0n) is 10.3. The van der Waals surface area contributed by atoms with Crippen molar-refractivity contribution >= 4 is 5.97 Å². The third-order valence-electron chi connectivity index (χ3n) is 2.43. The minimum Gasteiger partial charge on any atom is -0.472 e. The Morgan fingerprint density at radius 2 is 2.35 bits per heavy atom. The summed E-state index contributed by atoms with van der Waals surface area (Å²) < 4.78 is 9.50. The van der Waals surface area contributed by atoms with Gasteiger partial charge < -0.3 is 9.15 Å². The third-order valence-corrected chi connectivity index (χ3v) is 2.43. The predicted octanol–water partition coefficient (Wildman–Crippen LogP) is 3.28. The highest BCUT2D eigenvalue weighted by Gasteiger charge is 1.95. The standard InChI is InChI=1S/C14H18O3/c1-12(6-4-8-14(15)16-2)5-3-7-13-9-10-17-11-13/h4,6,8-11H,3,5,7H2,1-2H3/b8-4+,12-6+. The second-order valence-electron chi connectivity index (χ2n) is 3.88. The summed E-state index contributed by atoms with van der Waals surface area (Å²) in [7, 11) is 1.37. The van der Waals surface area contributed by atoms with Crippen LogP contribution in [0.15, 0.2) is 46.8 Å². The molecule has 0 amide bonds. The van der Waals surface area contributed by atoms with E-state index in [2.05, 4.69) is 11.7 Å². The summed E-state index contributed by atoms with van der Waals surface area (Å²) in [5, 5.41) is 0. The van der Waals surface area contributed by atoms with E-state index in [-0.39, 0.29) is 5.97 Å². The summed E-state index contributed by atoms with van der Waals surface area (Å²) in [6.07, 6.45) is 11.6. The Balaban J connectivity index is 2.24. The minimum atomic E-state index is -0.326. The van der Waals surface area contributed by atoms with E-state index in [0.717, 1.165) is 19.3 Å². The summed E-state index contributed by atoms with van der Waals surface area (Å²) in [6.45, 7) is 2.05. The Hall–Kier alpha value is -1.77. The van der Waals surface area contributed by atoms with E-state index in [1.165, 1.54) is 24.3 Å². The molecular weight excluding hydrogens is 216 g/mol. The van der Waals surface area contributed by atoms with Gasteiger partial charge in [-0.15, -0.1) is 0 Å². The van der Waals surface area contributed by atoms with Crippen molar-refractivity contribution in [2.45, 2.75) is 26.2 Å². The van der Waals surface area contributed by atoms with Gasteiger partial charge in [0.05, 0.1) is 19.6 Å². The number of esters is 1. The quantitative estimate of drug-likeness (QED) is 0.431. The van der Waals surface area contributed by atoms with Gasteiger partial charge in [0.15, 0.2) is 0 Å². The Bertz CT molecular complexity index is 386. The molecule has 3 nitrogen and oxygen atoms in total. The van der Waals surface area contributed by atoms with Crippen molar-refractivity contribution in [3.8, 4) is 0 Å². The fourth-order valence-electron chi connectivity index (χ4n) is 1.45. The molecule has 0 saturated heterocycles. The molecule has 17 heavy (non-hydrogen) atoms. The lowest BCUT2D eigenvalue weighted by atomic mass is 10.1. The van der Waals surface area contributed by atoms with Gasteiger partial charge in [0.1, 0.15) is 0 Å². The Morgan fingerprint density at radius 3 is 3.00 bits per heavy atom. The molecule has 0 saturated carbocycles. The largest absolute Gasteiger partial charge is 0.472 e. The molecule has 3 heteroatoms. The smallest absolute Gasteiger partial charge is 0.330 e. The molecule has 1 heterocycles. The summed E-state index contributed by atoms with van der Waals surface area (Å²) in [6, 6.07) is 1.98. The molecule has 1 rings (SSSR count). The zero-order valence-corrected chi connectivity index (χ0v) is 10.3. The molecule has 0 aliphatic heterocycles. The first kappa shape index (κ1) is 13.3. The van der Waals surface area contributed by atoms with Crippen LogP contribution in [0.3, 0.4) is 0 Å². The highest BCUT2D eigenvalue weighted by atomic mass is 16.5. The Morgan fingerprint density at radius 1 is 1.53 bits per heavy atom. The molecule has 0 fully saturated rings. The van der Waals surface area contributed by atoms with E-state index in [9.17, 15) is 4.79 Å². The first-order chi connectivity index (χ1) is 8.22. The fourth-order valence-corrected chi connectivity index (χ4v) is 1.45. The summed E-state index contributed by atoms with van der Waals surface area (Å²) in [4.78, 5) is 10.8. The fraction of sp³-hybridized carbons (Fsp3) is 0.357. The predicted molar refractivity (Wildman–Crippen MR) is 66.6 cm³/mol. The van der Waals surface area contributed by atoms with Crippen molar-refractivity contribution in [2.24, 2.45) is 0 Å². The van der Waals surface area contributed by atoms with Crippen LogP contribution in [0, 0.1) is 0 Å². The number of aryl methyl sites for hydroxylation is 1. The first-order valence-electron chi connectivity index (χ1n) is 5.65. The van der Waals surface area contributed by atoms with Gasteiger partial charge in [-0.3, -0.25) is 0 Å². The summed E-state index contributed by atoms with van der Waals surface area (Å²) in [5.41, 5.74) is 2.47. The Labute approximate surface area is 102 Å². The third kappa shape index (κ3) is 5.76. The van der Waals surface area contributed by atoms with Crippen molar-refractivity contribution in [2.75, 3.05) is 7.11 Å². The average Bonchev–Trinajstić information content (AvgIpc) is 2.82. The first-order valence-corrected chi connectivity index (χ1v) is 5.65. The molecule has 1 aromatic heterocycles. The lowest BCUT2D eigenvalue weighted by Crippen LogP contribution is -1.92. The number of hydrogen-bond donors (Lipinski definition) is 0. The minimum absolute atomic E-state index is 0.326. The van der Waals surface area contributed by atoms with Gasteiger partial charge in [0.2, 0.25) is 0 Å². The van der Waals surface area contributed by atoms with Crippen molar-refractivity contribution in [3.05, 3.63) is 48.0 Å². The van der Waals surface area contributed by atoms with Crippen LogP contribution >= 0.6 is 0 Å². The number of hydrogen-bond acceptors (Lipinski definition) is 3. The molecule has 0 N–H and O–H groups in total. The molecule has 0 spiro atoms. The van der Waals surface area contributed by atoms with E-state index in [0.29, 0.717) is 0 Å². The van der Waals surface area contributed by atoms with E-state index in [1.54, 1.807) is 18.6 Å². The van der Waals surface area contributed by atoms with Crippen LogP contribution in [-0.2, 0) is 16.0 Å². The van der Waals surface area contributed by atoms with E-state index in [1.807, 2.05) is 12.1 Å². The molecule has 0 unspecified atom stereocenters. The monoisotopic (exact) mass is 234 g/mol. The van der Waals surface area contributed by atoms with E-state index in [4.69, 9.17) is 4.42 Å². The molecule has 92 valence electrons. The number of methoxy groups -OCH3 is 1. The van der Waals surface area contributed by atoms with Gasteiger partial charge in [0.25, 0.3) is 0 Å². The molecule has 0 bridgehead atoms. The van der Waals surface area contributed by atoms with Gasteiger partial charge in [-0.05, 0) is 37.8 Å². The number of carbonyl (C=O) groups is 1. The summed E-state index contributed by atoms with van der Waals surface area (Å²) >= 11 is 0. The molecule has 0 radical (unpaired) electrons. The number of carbonyl (C=O) groups excluding carboxylic acids is 1. The molecule has 0 aliphatic carbocycles. The molecule has 0 aromatic carbocycles. The number of furan rings is 1. The van der Waals surface area contributed by atoms with Crippen molar-refractivity contribution in [1.29, 1.82) is 0 Å². The van der Waals surface area contributed by atoms with Crippen LogP contribution in [-0.4, -0.2) is 13.1 Å². The summed E-state index contributed by atoms with van der Waals surface area (Å²) in [5.74, 6) is -0.326. The maximum Gasteiger partial charge on any atom is 0.330 e. The topological polar surface area (TPSA) is 39.4 Å². The number of allylic oxidation sites excluding steroid dienone is 3. The lowest BCUT2D eigenvalue weighted by molar-refractivity contribution is -0.134. The maximum absolute atomic E-state index is 10.8. The molecule has 1 aromatic rings. The van der Waals surface area contributed by atoms with Gasteiger partial charge in [0, 0.05) is 6.08 Å². The van der Waals surface area contributed by atoms with Crippen LogP contribution < -0.4 is 0 Å². The van der Waals surface area contributed by atoms with E-state index < -0.39 is 0 Å².